The number of benzene rings is 1. The predicted octanol–water partition coefficient (Wildman–Crippen LogP) is 2.09. The van der Waals surface area contributed by atoms with Crippen LogP contribution in [0.5, 0.6) is 0 Å². The summed E-state index contributed by atoms with van der Waals surface area (Å²) in [5, 5.41) is 3.47. The Morgan fingerprint density at radius 1 is 1.40 bits per heavy atom. The number of anilines is 1. The van der Waals surface area contributed by atoms with Crippen LogP contribution in [0.15, 0.2) is 18.2 Å². The van der Waals surface area contributed by atoms with Gasteiger partial charge in [0.15, 0.2) is 0 Å². The number of hydrogen-bond acceptors (Lipinski definition) is 4. The molecule has 0 radical (unpaired) electrons. The van der Waals surface area contributed by atoms with E-state index in [1.165, 1.54) is 0 Å². The lowest BCUT2D eigenvalue weighted by atomic mass is 10.1. The molecule has 1 unspecified atom stereocenters. The summed E-state index contributed by atoms with van der Waals surface area (Å²) in [4.78, 5) is 14.5. The van der Waals surface area contributed by atoms with E-state index in [2.05, 4.69) is 29.5 Å². The molecule has 0 aliphatic carbocycles. The van der Waals surface area contributed by atoms with Crippen LogP contribution in [0.2, 0.25) is 5.02 Å². The first-order chi connectivity index (χ1) is 9.51. The van der Waals surface area contributed by atoms with E-state index in [0.717, 1.165) is 19.6 Å². The molecular formula is C14H23ClN4O. The second-order valence-electron chi connectivity index (χ2n) is 4.69. The number of rotatable bonds is 7. The Morgan fingerprint density at radius 3 is 2.60 bits per heavy atom. The zero-order valence-electron chi connectivity index (χ0n) is 12.2. The van der Waals surface area contributed by atoms with Gasteiger partial charge in [0.1, 0.15) is 0 Å². The number of amides is 1. The zero-order chi connectivity index (χ0) is 15.1. The number of carbonyl (C=O) groups is 1. The van der Waals surface area contributed by atoms with Gasteiger partial charge in [-0.3, -0.25) is 10.6 Å². The molecule has 1 atom stereocenters. The molecule has 0 heterocycles. The van der Waals surface area contributed by atoms with Crippen LogP contribution in [-0.4, -0.2) is 36.5 Å². The first-order valence-corrected chi connectivity index (χ1v) is 7.18. The van der Waals surface area contributed by atoms with Crippen LogP contribution >= 0.6 is 11.6 Å². The van der Waals surface area contributed by atoms with E-state index in [1.54, 1.807) is 18.2 Å². The highest BCUT2D eigenvalue weighted by molar-refractivity contribution is 6.31. The topological polar surface area (TPSA) is 70.4 Å². The van der Waals surface area contributed by atoms with Gasteiger partial charge in [-0.25, -0.2) is 0 Å². The smallest absolute Gasteiger partial charge is 0.253 e. The van der Waals surface area contributed by atoms with Crippen molar-refractivity contribution in [2.75, 3.05) is 25.1 Å². The van der Waals surface area contributed by atoms with Crippen molar-refractivity contribution in [3.05, 3.63) is 28.8 Å². The monoisotopic (exact) mass is 298 g/mol. The molecule has 112 valence electrons. The molecule has 0 aromatic heterocycles. The quantitative estimate of drug-likeness (QED) is 0.532. The zero-order valence-corrected chi connectivity index (χ0v) is 13.0. The van der Waals surface area contributed by atoms with Crippen LogP contribution in [0.25, 0.3) is 0 Å². The van der Waals surface area contributed by atoms with Gasteiger partial charge in [0.25, 0.3) is 5.91 Å². The molecule has 0 aliphatic heterocycles. The van der Waals surface area contributed by atoms with Gasteiger partial charge in [-0.05, 0) is 38.2 Å². The van der Waals surface area contributed by atoms with E-state index in [1.807, 2.05) is 6.92 Å². The fourth-order valence-electron chi connectivity index (χ4n) is 2.05. The third-order valence-corrected chi connectivity index (χ3v) is 3.42. The summed E-state index contributed by atoms with van der Waals surface area (Å²) in [6, 6.07) is 5.03. The summed E-state index contributed by atoms with van der Waals surface area (Å²) in [6.07, 6.45) is 0. The lowest BCUT2D eigenvalue weighted by Gasteiger charge is -2.23. The fraction of sp³-hybridized carbons (Fsp3) is 0.500. The highest BCUT2D eigenvalue weighted by Gasteiger charge is 2.15. The molecular weight excluding hydrogens is 276 g/mol. The predicted molar refractivity (Wildman–Crippen MR) is 84.0 cm³/mol. The second kappa shape index (κ2) is 8.09. The molecule has 1 amide bonds. The van der Waals surface area contributed by atoms with Crippen LogP contribution in [0.4, 0.5) is 5.69 Å². The van der Waals surface area contributed by atoms with Crippen molar-refractivity contribution in [1.29, 1.82) is 0 Å². The number of carbonyl (C=O) groups excluding carboxylic acids is 1. The van der Waals surface area contributed by atoms with E-state index < -0.39 is 0 Å². The molecule has 0 fully saturated rings. The maximum Gasteiger partial charge on any atom is 0.253 e. The third-order valence-electron chi connectivity index (χ3n) is 3.19. The Labute approximate surface area is 125 Å². The molecule has 4 N–H and O–H groups in total. The van der Waals surface area contributed by atoms with E-state index >= 15 is 0 Å². The molecule has 0 spiro atoms. The first kappa shape index (κ1) is 16.8. The average Bonchev–Trinajstić information content (AvgIpc) is 2.44. The molecule has 20 heavy (non-hydrogen) atoms. The van der Waals surface area contributed by atoms with Gasteiger partial charge in [-0.15, -0.1) is 0 Å². The summed E-state index contributed by atoms with van der Waals surface area (Å²) < 4.78 is 0. The van der Waals surface area contributed by atoms with Crippen molar-refractivity contribution >= 4 is 23.2 Å². The molecule has 1 aromatic rings. The number of nitrogens with zero attached hydrogens (tertiary/aromatic N) is 1. The van der Waals surface area contributed by atoms with Crippen molar-refractivity contribution in [2.45, 2.75) is 26.8 Å². The third kappa shape index (κ3) is 4.67. The fourth-order valence-corrected chi connectivity index (χ4v) is 2.22. The van der Waals surface area contributed by atoms with Crippen molar-refractivity contribution < 1.29 is 4.79 Å². The maximum absolute atomic E-state index is 12.3. The van der Waals surface area contributed by atoms with Gasteiger partial charge >= 0.3 is 0 Å². The van der Waals surface area contributed by atoms with E-state index in [0.29, 0.717) is 16.3 Å². The molecule has 1 rings (SSSR count). The maximum atomic E-state index is 12.3. The number of likely N-dealkylation sites (N-methyl/N-ethyl adjacent to an activating group) is 1. The molecule has 5 nitrogen and oxygen atoms in total. The number of nitrogen functional groups attached to an aromatic ring is 1. The van der Waals surface area contributed by atoms with Crippen molar-refractivity contribution in [1.82, 2.24) is 10.2 Å². The Hall–Kier alpha value is -1.30. The van der Waals surface area contributed by atoms with Gasteiger partial charge < -0.3 is 15.6 Å². The molecule has 1 aromatic carbocycles. The van der Waals surface area contributed by atoms with Gasteiger partial charge in [-0.2, -0.15) is 0 Å². The van der Waals surface area contributed by atoms with E-state index in [-0.39, 0.29) is 11.9 Å². The molecule has 0 saturated carbocycles. The molecule has 0 saturated heterocycles. The SMILES string of the molecule is CCN(CC)CC(C)NC(=O)c1cc(Cl)ccc1NN. The number of nitrogens with one attached hydrogen (secondary N) is 2. The largest absolute Gasteiger partial charge is 0.348 e. The Bertz CT molecular complexity index is 449. The van der Waals surface area contributed by atoms with Crippen molar-refractivity contribution in [3.63, 3.8) is 0 Å². The number of hydrazine groups is 1. The van der Waals surface area contributed by atoms with Crippen LogP contribution < -0.4 is 16.6 Å². The summed E-state index contributed by atoms with van der Waals surface area (Å²) in [5.74, 6) is 5.23. The van der Waals surface area contributed by atoms with Crippen LogP contribution in [0.1, 0.15) is 31.1 Å². The molecule has 0 aliphatic rings. The second-order valence-corrected chi connectivity index (χ2v) is 5.13. The van der Waals surface area contributed by atoms with E-state index in [4.69, 9.17) is 17.4 Å². The van der Waals surface area contributed by atoms with Crippen LogP contribution in [0, 0.1) is 0 Å². The highest BCUT2D eigenvalue weighted by Crippen LogP contribution is 2.19. The van der Waals surface area contributed by atoms with Crippen LogP contribution in [0.3, 0.4) is 0 Å². The van der Waals surface area contributed by atoms with Gasteiger partial charge in [0.05, 0.1) is 11.3 Å². The lowest BCUT2D eigenvalue weighted by Crippen LogP contribution is -2.42. The van der Waals surface area contributed by atoms with Gasteiger partial charge in [0.2, 0.25) is 0 Å². The minimum Gasteiger partial charge on any atom is -0.348 e. The Balaban J connectivity index is 2.73. The minimum atomic E-state index is -0.180. The van der Waals surface area contributed by atoms with Gasteiger partial charge in [-0.1, -0.05) is 25.4 Å². The summed E-state index contributed by atoms with van der Waals surface area (Å²) in [5.41, 5.74) is 3.52. The summed E-state index contributed by atoms with van der Waals surface area (Å²) >= 11 is 5.93. The number of nitrogens with two attached hydrogens (primary N) is 1. The lowest BCUT2D eigenvalue weighted by molar-refractivity contribution is 0.0931. The van der Waals surface area contributed by atoms with Crippen molar-refractivity contribution in [2.24, 2.45) is 5.84 Å². The summed E-state index contributed by atoms with van der Waals surface area (Å²) in [7, 11) is 0. The first-order valence-electron chi connectivity index (χ1n) is 6.81. The highest BCUT2D eigenvalue weighted by atomic mass is 35.5. The van der Waals surface area contributed by atoms with Crippen molar-refractivity contribution in [3.8, 4) is 0 Å². The number of halogens is 1. The molecule has 6 heteroatoms. The Morgan fingerprint density at radius 2 is 2.05 bits per heavy atom. The molecule has 0 bridgehead atoms. The normalized spacial score (nSPS) is 12.3. The Kier molecular flexibility index (Phi) is 6.78. The standard InChI is InChI=1S/C14H23ClN4O/c1-4-19(5-2)9-10(3)17-14(20)12-8-11(15)6-7-13(12)18-16/h6-8,10,18H,4-5,9,16H2,1-3H3,(H,17,20). The average molecular weight is 299 g/mol. The van der Waals surface area contributed by atoms with Crippen LogP contribution in [-0.2, 0) is 0 Å². The van der Waals surface area contributed by atoms with E-state index in [9.17, 15) is 4.79 Å². The number of hydrogen-bond donors (Lipinski definition) is 3. The minimum absolute atomic E-state index is 0.0482. The van der Waals surface area contributed by atoms with Gasteiger partial charge in [0, 0.05) is 17.6 Å². The summed E-state index contributed by atoms with van der Waals surface area (Å²) in [6.45, 7) is 8.92.